The molecule has 2 rings (SSSR count). The molecule has 112 valence electrons. The van der Waals surface area contributed by atoms with Crippen molar-refractivity contribution >= 4 is 26.5 Å². The van der Waals surface area contributed by atoms with Crippen molar-refractivity contribution in [2.24, 2.45) is 0 Å². The predicted molar refractivity (Wildman–Crippen MR) is 81.9 cm³/mol. The minimum atomic E-state index is -3.51. The molecule has 1 N–H and O–H groups in total. The Bertz CT molecular complexity index is 577. The zero-order valence-electron chi connectivity index (χ0n) is 11.5. The summed E-state index contributed by atoms with van der Waals surface area (Å²) in [5.74, 6) is 0.841. The van der Waals surface area contributed by atoms with E-state index in [2.05, 4.69) is 5.32 Å². The Morgan fingerprint density at radius 1 is 1.25 bits per heavy atom. The molecule has 1 aliphatic rings. The van der Waals surface area contributed by atoms with Crippen molar-refractivity contribution < 1.29 is 12.6 Å². The first-order valence-electron chi connectivity index (χ1n) is 6.73. The maximum atomic E-state index is 12.7. The molecule has 20 heavy (non-hydrogen) atoms. The predicted octanol–water partition coefficient (Wildman–Crippen LogP) is 1.26. The highest BCUT2D eigenvalue weighted by Crippen LogP contribution is 2.25. The van der Waals surface area contributed by atoms with Crippen LogP contribution in [0.25, 0.3) is 0 Å². The summed E-state index contributed by atoms with van der Waals surface area (Å²) >= 11 is 0. The highest BCUT2D eigenvalue weighted by Gasteiger charge is 2.29. The molecule has 0 unspecified atom stereocenters. The number of benzene rings is 1. The van der Waals surface area contributed by atoms with E-state index in [9.17, 15) is 12.6 Å². The average Bonchev–Trinajstić information content (AvgIpc) is 2.46. The molecule has 0 radical (unpaired) electrons. The van der Waals surface area contributed by atoms with Gasteiger partial charge in [-0.15, -0.1) is 0 Å². The summed E-state index contributed by atoms with van der Waals surface area (Å²) in [5.41, 5.74) is 0.640. The summed E-state index contributed by atoms with van der Waals surface area (Å²) in [6.45, 7) is 3.43. The third-order valence-electron chi connectivity index (χ3n) is 3.21. The maximum absolute atomic E-state index is 12.7. The van der Waals surface area contributed by atoms with Crippen molar-refractivity contribution in [2.45, 2.75) is 18.2 Å². The van der Waals surface area contributed by atoms with Crippen LogP contribution in [0.4, 0.5) is 5.69 Å². The van der Waals surface area contributed by atoms with Gasteiger partial charge in [0.1, 0.15) is 4.90 Å². The van der Waals surface area contributed by atoms with Gasteiger partial charge in [-0.05, 0) is 18.6 Å². The lowest BCUT2D eigenvalue weighted by atomic mass is 10.3. The molecule has 1 heterocycles. The molecule has 0 amide bonds. The van der Waals surface area contributed by atoms with Gasteiger partial charge in [-0.2, -0.15) is 4.31 Å². The van der Waals surface area contributed by atoms with Gasteiger partial charge in [-0.25, -0.2) is 8.42 Å². The van der Waals surface area contributed by atoms with E-state index in [0.29, 0.717) is 35.2 Å². The van der Waals surface area contributed by atoms with Gasteiger partial charge in [0.25, 0.3) is 0 Å². The first-order chi connectivity index (χ1) is 9.55. The van der Waals surface area contributed by atoms with E-state index >= 15 is 0 Å². The second-order valence-electron chi connectivity index (χ2n) is 4.68. The molecular formula is C13H20N2O3S2. The number of hydrogen-bond donors (Lipinski definition) is 1. The first-order valence-corrected chi connectivity index (χ1v) is 9.66. The number of rotatable bonds is 5. The molecule has 0 aliphatic carbocycles. The van der Waals surface area contributed by atoms with Crippen LogP contribution in [0.3, 0.4) is 0 Å². The molecule has 1 aromatic rings. The van der Waals surface area contributed by atoms with Crippen LogP contribution in [0.5, 0.6) is 0 Å². The Labute approximate surface area is 122 Å². The molecule has 1 fully saturated rings. The Morgan fingerprint density at radius 2 is 1.90 bits per heavy atom. The van der Waals surface area contributed by atoms with E-state index in [1.54, 1.807) is 18.2 Å². The smallest absolute Gasteiger partial charge is 0.245 e. The van der Waals surface area contributed by atoms with Gasteiger partial charge in [0.15, 0.2) is 0 Å². The van der Waals surface area contributed by atoms with Crippen LogP contribution in [-0.2, 0) is 20.8 Å². The fourth-order valence-corrected chi connectivity index (χ4v) is 4.99. The third-order valence-corrected chi connectivity index (χ3v) is 6.44. The fourth-order valence-electron chi connectivity index (χ4n) is 2.10. The summed E-state index contributed by atoms with van der Waals surface area (Å²) in [6, 6.07) is 6.96. The number of hydrogen-bond acceptors (Lipinski definition) is 4. The van der Waals surface area contributed by atoms with Crippen LogP contribution in [0, 0.1) is 0 Å². The summed E-state index contributed by atoms with van der Waals surface area (Å²) in [6.07, 6.45) is 0.928. The standard InChI is InChI=1S/C13H20N2O3S2/c1-2-7-14-12-5-3-4-6-13(12)20(17,18)15-8-10-19(16)11-9-15/h3-6,14H,2,7-11H2,1H3. The van der Waals surface area contributed by atoms with Gasteiger partial charge in [-0.1, -0.05) is 19.1 Å². The van der Waals surface area contributed by atoms with Crippen molar-refractivity contribution in [2.75, 3.05) is 36.5 Å². The van der Waals surface area contributed by atoms with E-state index in [4.69, 9.17) is 0 Å². The van der Waals surface area contributed by atoms with Gasteiger partial charge < -0.3 is 5.32 Å². The van der Waals surface area contributed by atoms with Crippen molar-refractivity contribution in [1.29, 1.82) is 0 Å². The van der Waals surface area contributed by atoms with Gasteiger partial charge in [0.2, 0.25) is 10.0 Å². The van der Waals surface area contributed by atoms with E-state index < -0.39 is 20.8 Å². The topological polar surface area (TPSA) is 66.5 Å². The van der Waals surface area contributed by atoms with Gasteiger partial charge in [0, 0.05) is 41.9 Å². The Balaban J connectivity index is 2.27. The molecule has 1 saturated heterocycles. The minimum Gasteiger partial charge on any atom is -0.384 e. The normalized spacial score (nSPS) is 18.1. The van der Waals surface area contributed by atoms with Gasteiger partial charge in [0.05, 0.1) is 5.69 Å². The van der Waals surface area contributed by atoms with E-state index in [1.165, 1.54) is 4.31 Å². The number of anilines is 1. The molecule has 7 heteroatoms. The van der Waals surface area contributed by atoms with Crippen LogP contribution in [-0.4, -0.2) is 48.1 Å². The monoisotopic (exact) mass is 316 g/mol. The quantitative estimate of drug-likeness (QED) is 0.888. The number of sulfonamides is 1. The van der Waals surface area contributed by atoms with Crippen LogP contribution >= 0.6 is 0 Å². The van der Waals surface area contributed by atoms with Crippen LogP contribution in [0.15, 0.2) is 29.2 Å². The zero-order valence-corrected chi connectivity index (χ0v) is 13.2. The van der Waals surface area contributed by atoms with E-state index in [1.807, 2.05) is 13.0 Å². The largest absolute Gasteiger partial charge is 0.384 e. The molecule has 0 atom stereocenters. The van der Waals surface area contributed by atoms with Crippen LogP contribution in [0.1, 0.15) is 13.3 Å². The molecule has 5 nitrogen and oxygen atoms in total. The van der Waals surface area contributed by atoms with Crippen molar-refractivity contribution in [1.82, 2.24) is 4.31 Å². The van der Waals surface area contributed by atoms with Crippen LogP contribution in [0.2, 0.25) is 0 Å². The van der Waals surface area contributed by atoms with E-state index in [-0.39, 0.29) is 0 Å². The number of nitrogens with one attached hydrogen (secondary N) is 1. The highest BCUT2D eigenvalue weighted by molar-refractivity contribution is 7.89. The molecule has 1 aromatic carbocycles. The van der Waals surface area contributed by atoms with Crippen molar-refractivity contribution in [3.63, 3.8) is 0 Å². The fraction of sp³-hybridized carbons (Fsp3) is 0.538. The third kappa shape index (κ3) is 3.39. The van der Waals surface area contributed by atoms with E-state index in [0.717, 1.165) is 13.0 Å². The summed E-state index contributed by atoms with van der Waals surface area (Å²) in [7, 11) is -4.39. The average molecular weight is 316 g/mol. The Kier molecular flexibility index (Phi) is 5.17. The van der Waals surface area contributed by atoms with Gasteiger partial charge >= 0.3 is 0 Å². The lowest BCUT2D eigenvalue weighted by Crippen LogP contribution is -2.41. The van der Waals surface area contributed by atoms with Gasteiger partial charge in [-0.3, -0.25) is 4.21 Å². The molecule has 0 saturated carbocycles. The summed E-state index contributed by atoms with van der Waals surface area (Å²) in [5, 5.41) is 3.15. The SMILES string of the molecule is CCCNc1ccccc1S(=O)(=O)N1CCS(=O)CC1. The second kappa shape index (κ2) is 6.69. The molecule has 0 spiro atoms. The molecule has 1 aliphatic heterocycles. The Morgan fingerprint density at radius 3 is 2.55 bits per heavy atom. The Hall–Kier alpha value is -0.920. The van der Waals surface area contributed by atoms with Crippen LogP contribution < -0.4 is 5.32 Å². The lowest BCUT2D eigenvalue weighted by Gasteiger charge is -2.26. The highest BCUT2D eigenvalue weighted by atomic mass is 32.2. The zero-order chi connectivity index (χ0) is 14.6. The van der Waals surface area contributed by atoms with Crippen molar-refractivity contribution in [3.8, 4) is 0 Å². The molecule has 0 bridgehead atoms. The molecule has 0 aromatic heterocycles. The molecular weight excluding hydrogens is 296 g/mol. The number of para-hydroxylation sites is 1. The maximum Gasteiger partial charge on any atom is 0.245 e. The minimum absolute atomic E-state index is 0.307. The lowest BCUT2D eigenvalue weighted by molar-refractivity contribution is 0.439. The summed E-state index contributed by atoms with van der Waals surface area (Å²) < 4.78 is 38.1. The van der Waals surface area contributed by atoms with Crippen molar-refractivity contribution in [3.05, 3.63) is 24.3 Å². The second-order valence-corrected chi connectivity index (χ2v) is 8.28. The number of nitrogens with zero attached hydrogens (tertiary/aromatic N) is 1. The summed E-state index contributed by atoms with van der Waals surface area (Å²) in [4.78, 5) is 0.307. The first kappa shape index (κ1) is 15.5.